The van der Waals surface area contributed by atoms with E-state index in [0.29, 0.717) is 5.89 Å². The van der Waals surface area contributed by atoms with Crippen molar-refractivity contribution in [2.24, 2.45) is 5.92 Å². The third-order valence-electron chi connectivity index (χ3n) is 3.91. The lowest BCUT2D eigenvalue weighted by molar-refractivity contribution is -0.120. The number of ether oxygens (including phenoxy) is 1. The Bertz CT molecular complexity index is 800. The van der Waals surface area contributed by atoms with Crippen molar-refractivity contribution in [2.75, 3.05) is 5.75 Å². The van der Waals surface area contributed by atoms with E-state index in [1.807, 2.05) is 45.0 Å². The van der Waals surface area contributed by atoms with Crippen LogP contribution in [0.25, 0.3) is 0 Å². The number of hydrogen-bond acceptors (Lipinski definition) is 7. The first-order valence-electron chi connectivity index (χ1n) is 8.19. The molecular weight excluding hydrogens is 352 g/mol. The molecule has 8 heteroatoms. The highest BCUT2D eigenvalue weighted by Crippen LogP contribution is 2.20. The van der Waals surface area contributed by atoms with Gasteiger partial charge in [0.2, 0.25) is 5.91 Å². The number of amides is 1. The highest BCUT2D eigenvalue weighted by atomic mass is 32.2. The summed E-state index contributed by atoms with van der Waals surface area (Å²) in [5.41, 5.74) is 0.195. The van der Waals surface area contributed by atoms with Crippen LogP contribution in [-0.2, 0) is 11.4 Å². The molecule has 7 nitrogen and oxygen atoms in total. The van der Waals surface area contributed by atoms with Crippen LogP contribution in [0.1, 0.15) is 32.2 Å². The molecule has 2 aromatic rings. The minimum Gasteiger partial charge on any atom is -0.484 e. The van der Waals surface area contributed by atoms with Crippen LogP contribution in [0, 0.1) is 24.2 Å². The van der Waals surface area contributed by atoms with Crippen LogP contribution >= 0.6 is 11.8 Å². The predicted molar refractivity (Wildman–Crippen MR) is 97.5 cm³/mol. The van der Waals surface area contributed by atoms with E-state index in [0.717, 1.165) is 23.1 Å². The zero-order valence-corrected chi connectivity index (χ0v) is 16.1. The van der Waals surface area contributed by atoms with Gasteiger partial charge in [0.1, 0.15) is 11.3 Å². The first kappa shape index (κ1) is 19.8. The van der Waals surface area contributed by atoms with E-state index in [2.05, 4.69) is 21.6 Å². The average molecular weight is 374 g/mol. The lowest BCUT2D eigenvalue weighted by Gasteiger charge is -2.27. The van der Waals surface area contributed by atoms with Crippen LogP contribution in [0.5, 0.6) is 5.75 Å². The molecule has 0 bridgehead atoms. The zero-order chi connectivity index (χ0) is 19.2. The van der Waals surface area contributed by atoms with Gasteiger partial charge in [-0.15, -0.1) is 10.2 Å². The maximum absolute atomic E-state index is 12.0. The van der Waals surface area contributed by atoms with Crippen LogP contribution in [0.15, 0.2) is 33.9 Å². The van der Waals surface area contributed by atoms with E-state index in [1.54, 1.807) is 6.92 Å². The van der Waals surface area contributed by atoms with Crippen LogP contribution in [0.3, 0.4) is 0 Å². The van der Waals surface area contributed by atoms with E-state index in [9.17, 15) is 10.1 Å². The number of thioether (sulfide) groups is 1. The third-order valence-corrected chi connectivity index (χ3v) is 4.73. The molecule has 0 aliphatic carbocycles. The molecule has 0 aliphatic heterocycles. The smallest absolute Gasteiger partial charge is 0.277 e. The van der Waals surface area contributed by atoms with E-state index in [1.165, 1.54) is 0 Å². The number of nitriles is 1. The summed E-state index contributed by atoms with van der Waals surface area (Å²) in [4.78, 5) is 12.0. The molecular formula is C18H22N4O3S. The van der Waals surface area contributed by atoms with E-state index in [-0.39, 0.29) is 29.4 Å². The number of nitrogens with one attached hydrogen (secondary N) is 1. The molecule has 0 spiro atoms. The van der Waals surface area contributed by atoms with Crippen molar-refractivity contribution in [3.63, 3.8) is 0 Å². The largest absolute Gasteiger partial charge is 0.484 e. The molecule has 1 amide bonds. The number of aryl methyl sites for hydroxylation is 1. The molecule has 1 aromatic heterocycles. The van der Waals surface area contributed by atoms with Crippen LogP contribution in [0.2, 0.25) is 0 Å². The van der Waals surface area contributed by atoms with Gasteiger partial charge < -0.3 is 14.5 Å². The fourth-order valence-corrected chi connectivity index (χ4v) is 2.54. The molecule has 1 atom stereocenters. The summed E-state index contributed by atoms with van der Waals surface area (Å²) in [5.74, 6) is 0.878. The lowest BCUT2D eigenvalue weighted by Crippen LogP contribution is -2.49. The van der Waals surface area contributed by atoms with Crippen molar-refractivity contribution < 1.29 is 13.9 Å². The molecule has 0 aliphatic rings. The number of rotatable bonds is 8. The summed E-state index contributed by atoms with van der Waals surface area (Å²) in [5, 5.41) is 20.1. The molecule has 0 saturated heterocycles. The van der Waals surface area contributed by atoms with Gasteiger partial charge in [-0.05, 0) is 37.5 Å². The highest BCUT2D eigenvalue weighted by molar-refractivity contribution is 7.99. The standard InChI is InChI=1S/C18H22N4O3S/c1-12(2)18(4,11-19)20-15(23)10-26-17-22-21-16(25-17)9-24-14-7-5-6-13(3)8-14/h5-8,12H,9-10H2,1-4H3,(H,20,23)/t18-/m0/s1. The number of benzene rings is 1. The Balaban J connectivity index is 1.83. The number of nitrogens with zero attached hydrogens (tertiary/aromatic N) is 3. The van der Waals surface area contributed by atoms with Gasteiger partial charge in [0.15, 0.2) is 6.61 Å². The monoisotopic (exact) mass is 374 g/mol. The van der Waals surface area contributed by atoms with Crippen molar-refractivity contribution >= 4 is 17.7 Å². The quantitative estimate of drug-likeness (QED) is 0.708. The Morgan fingerprint density at radius 2 is 2.23 bits per heavy atom. The average Bonchev–Trinajstić information content (AvgIpc) is 3.06. The fourth-order valence-electron chi connectivity index (χ4n) is 1.96. The van der Waals surface area contributed by atoms with E-state index in [4.69, 9.17) is 9.15 Å². The number of hydrogen-bond donors (Lipinski definition) is 1. The summed E-state index contributed by atoms with van der Waals surface area (Å²) < 4.78 is 11.1. The molecule has 1 N–H and O–H groups in total. The van der Waals surface area contributed by atoms with Gasteiger partial charge in [-0.2, -0.15) is 5.26 Å². The summed E-state index contributed by atoms with van der Waals surface area (Å²) in [6.45, 7) is 7.61. The lowest BCUT2D eigenvalue weighted by atomic mass is 9.90. The van der Waals surface area contributed by atoms with E-state index >= 15 is 0 Å². The fraction of sp³-hybridized carbons (Fsp3) is 0.444. The Kier molecular flexibility index (Phi) is 6.64. The molecule has 2 rings (SSSR count). The Morgan fingerprint density at radius 1 is 1.46 bits per heavy atom. The Hall–Kier alpha value is -2.53. The second-order valence-electron chi connectivity index (χ2n) is 6.37. The second-order valence-corrected chi connectivity index (χ2v) is 7.30. The molecule has 138 valence electrons. The second kappa shape index (κ2) is 8.72. The minimum atomic E-state index is -0.903. The molecule has 1 aromatic carbocycles. The maximum atomic E-state index is 12.0. The van der Waals surface area contributed by atoms with Crippen LogP contribution in [-0.4, -0.2) is 27.4 Å². The van der Waals surface area contributed by atoms with Gasteiger partial charge in [0, 0.05) is 0 Å². The molecule has 0 radical (unpaired) electrons. The van der Waals surface area contributed by atoms with Crippen LogP contribution < -0.4 is 10.1 Å². The minimum absolute atomic E-state index is 0.00442. The summed E-state index contributed by atoms with van der Waals surface area (Å²) in [6.07, 6.45) is 0. The molecule has 0 unspecified atom stereocenters. The number of carbonyl (C=O) groups excluding carboxylic acids is 1. The molecule has 0 fully saturated rings. The molecule has 0 saturated carbocycles. The highest BCUT2D eigenvalue weighted by Gasteiger charge is 2.30. The van der Waals surface area contributed by atoms with Crippen molar-refractivity contribution in [3.8, 4) is 11.8 Å². The molecule has 1 heterocycles. The number of carbonyl (C=O) groups is 1. The topological polar surface area (TPSA) is 101 Å². The first-order valence-corrected chi connectivity index (χ1v) is 9.18. The van der Waals surface area contributed by atoms with E-state index < -0.39 is 5.54 Å². The van der Waals surface area contributed by atoms with Crippen molar-refractivity contribution in [3.05, 3.63) is 35.7 Å². The van der Waals surface area contributed by atoms with Gasteiger partial charge in [-0.3, -0.25) is 4.79 Å². The van der Waals surface area contributed by atoms with Gasteiger partial charge in [0.25, 0.3) is 11.1 Å². The molecule has 26 heavy (non-hydrogen) atoms. The first-order chi connectivity index (χ1) is 12.3. The van der Waals surface area contributed by atoms with Crippen molar-refractivity contribution in [1.82, 2.24) is 15.5 Å². The van der Waals surface area contributed by atoms with Crippen molar-refractivity contribution in [2.45, 2.75) is 45.1 Å². The maximum Gasteiger partial charge on any atom is 0.277 e. The zero-order valence-electron chi connectivity index (χ0n) is 15.3. The van der Waals surface area contributed by atoms with Gasteiger partial charge in [-0.1, -0.05) is 37.7 Å². The summed E-state index contributed by atoms with van der Waals surface area (Å²) in [6, 6.07) is 9.79. The Morgan fingerprint density at radius 3 is 2.88 bits per heavy atom. The van der Waals surface area contributed by atoms with Crippen molar-refractivity contribution in [1.29, 1.82) is 5.26 Å². The van der Waals surface area contributed by atoms with Crippen LogP contribution in [0.4, 0.5) is 0 Å². The normalized spacial score (nSPS) is 13.1. The summed E-state index contributed by atoms with van der Waals surface area (Å²) >= 11 is 1.12. The predicted octanol–water partition coefficient (Wildman–Crippen LogP) is 3.10. The third kappa shape index (κ3) is 5.49. The summed E-state index contributed by atoms with van der Waals surface area (Å²) in [7, 11) is 0. The Labute approximate surface area is 157 Å². The van der Waals surface area contributed by atoms with Gasteiger partial charge in [0.05, 0.1) is 11.8 Å². The van der Waals surface area contributed by atoms with Gasteiger partial charge in [-0.25, -0.2) is 0 Å². The van der Waals surface area contributed by atoms with Gasteiger partial charge >= 0.3 is 0 Å². The SMILES string of the molecule is Cc1cccc(OCc2nnc(SCC(=O)N[C@@](C)(C#N)C(C)C)o2)c1. The number of aromatic nitrogens is 2.